The van der Waals surface area contributed by atoms with E-state index in [4.69, 9.17) is 5.73 Å². The molecule has 6 heteroatoms. The van der Waals surface area contributed by atoms with Crippen LogP contribution in [0, 0.1) is 0 Å². The lowest BCUT2D eigenvalue weighted by molar-refractivity contribution is 0.180. The molecule has 6 nitrogen and oxygen atoms in total. The fraction of sp³-hybridized carbons (Fsp3) is 0.714. The zero-order chi connectivity index (χ0) is 13.9. The van der Waals surface area contributed by atoms with Crippen molar-refractivity contribution in [3.8, 4) is 0 Å². The van der Waals surface area contributed by atoms with E-state index >= 15 is 0 Å². The molecule has 2 aliphatic rings. The normalized spacial score (nSPS) is 27.9. The van der Waals surface area contributed by atoms with Crippen LogP contribution in [-0.4, -0.2) is 45.7 Å². The van der Waals surface area contributed by atoms with E-state index in [1.54, 1.807) is 4.90 Å². The highest BCUT2D eigenvalue weighted by atomic mass is 16.2. The quantitative estimate of drug-likeness (QED) is 0.869. The molecule has 0 bridgehead atoms. The van der Waals surface area contributed by atoms with Crippen molar-refractivity contribution in [2.45, 2.75) is 50.2 Å². The summed E-state index contributed by atoms with van der Waals surface area (Å²) in [6.45, 7) is 1.55. The molecule has 2 heterocycles. The van der Waals surface area contributed by atoms with E-state index in [-0.39, 0.29) is 6.03 Å². The number of nitrogens with zero attached hydrogens (tertiary/aromatic N) is 3. The summed E-state index contributed by atoms with van der Waals surface area (Å²) in [6.07, 6.45) is 11.5. The van der Waals surface area contributed by atoms with Crippen LogP contribution in [0.4, 0.5) is 4.79 Å². The third kappa shape index (κ3) is 2.80. The number of carbonyl (C=O) groups is 1. The number of nitrogens with two attached hydrogens (primary N) is 1. The maximum absolute atomic E-state index is 11.1. The van der Waals surface area contributed by atoms with E-state index in [2.05, 4.69) is 21.1 Å². The molecule has 0 spiro atoms. The van der Waals surface area contributed by atoms with E-state index < -0.39 is 0 Å². The van der Waals surface area contributed by atoms with Gasteiger partial charge in [0.05, 0.1) is 6.33 Å². The van der Waals surface area contributed by atoms with E-state index in [9.17, 15) is 4.79 Å². The third-order valence-corrected chi connectivity index (χ3v) is 4.64. The number of likely N-dealkylation sites (tertiary alicyclic amines) is 1. The lowest BCUT2D eigenvalue weighted by atomic mass is 10.0. The van der Waals surface area contributed by atoms with Crippen LogP contribution in [-0.2, 0) is 0 Å². The highest BCUT2D eigenvalue weighted by Gasteiger charge is 2.31. The minimum Gasteiger partial charge on any atom is -0.351 e. The van der Waals surface area contributed by atoms with Gasteiger partial charge < -0.3 is 20.5 Å². The second-order valence-electron chi connectivity index (χ2n) is 5.88. The van der Waals surface area contributed by atoms with E-state index in [1.165, 1.54) is 19.3 Å². The molecule has 3 rings (SSSR count). The second-order valence-corrected chi connectivity index (χ2v) is 5.88. The Labute approximate surface area is 119 Å². The van der Waals surface area contributed by atoms with Gasteiger partial charge in [-0.2, -0.15) is 0 Å². The van der Waals surface area contributed by atoms with Gasteiger partial charge in [0.2, 0.25) is 0 Å². The first-order valence-electron chi connectivity index (χ1n) is 7.52. The monoisotopic (exact) mass is 277 g/mol. The lowest BCUT2D eigenvalue weighted by Gasteiger charge is -2.34. The molecule has 1 aromatic heterocycles. The number of nitrogens with one attached hydrogen (secondary N) is 1. The van der Waals surface area contributed by atoms with Gasteiger partial charge in [-0.05, 0) is 32.1 Å². The zero-order valence-electron chi connectivity index (χ0n) is 11.7. The Morgan fingerprint density at radius 1 is 1.25 bits per heavy atom. The van der Waals surface area contributed by atoms with Crippen molar-refractivity contribution < 1.29 is 4.79 Å². The highest BCUT2D eigenvalue weighted by molar-refractivity contribution is 5.72. The summed E-state index contributed by atoms with van der Waals surface area (Å²) in [7, 11) is 0. The third-order valence-electron chi connectivity index (χ3n) is 4.64. The molecule has 1 aliphatic carbocycles. The molecule has 1 aromatic rings. The summed E-state index contributed by atoms with van der Waals surface area (Å²) < 4.78 is 2.23. The van der Waals surface area contributed by atoms with Gasteiger partial charge in [-0.3, -0.25) is 0 Å². The molecular formula is C14H23N5O. The number of primary amides is 1. The molecule has 0 radical (unpaired) electrons. The summed E-state index contributed by atoms with van der Waals surface area (Å²) in [5.41, 5.74) is 5.32. The van der Waals surface area contributed by atoms with Crippen molar-refractivity contribution in [2.24, 2.45) is 5.73 Å². The molecular weight excluding hydrogens is 254 g/mol. The zero-order valence-corrected chi connectivity index (χ0v) is 11.7. The van der Waals surface area contributed by atoms with Gasteiger partial charge in [-0.1, -0.05) is 0 Å². The van der Waals surface area contributed by atoms with Crippen molar-refractivity contribution in [3.63, 3.8) is 0 Å². The Morgan fingerprint density at radius 2 is 2.05 bits per heavy atom. The SMILES string of the molecule is NC(=O)N1CCC(N[C@H]2CCC[C@H]2n2ccnc2)CC1. The number of piperidine rings is 1. The van der Waals surface area contributed by atoms with Crippen LogP contribution in [0.1, 0.15) is 38.1 Å². The van der Waals surface area contributed by atoms with Crippen molar-refractivity contribution in [3.05, 3.63) is 18.7 Å². The first-order valence-corrected chi connectivity index (χ1v) is 7.52. The van der Waals surface area contributed by atoms with Gasteiger partial charge in [0.25, 0.3) is 0 Å². The number of aromatic nitrogens is 2. The van der Waals surface area contributed by atoms with E-state index in [0.717, 1.165) is 25.9 Å². The van der Waals surface area contributed by atoms with Gasteiger partial charge in [0.15, 0.2) is 0 Å². The van der Waals surface area contributed by atoms with Gasteiger partial charge in [0.1, 0.15) is 0 Å². The first-order chi connectivity index (χ1) is 9.74. The van der Waals surface area contributed by atoms with Gasteiger partial charge in [-0.25, -0.2) is 9.78 Å². The van der Waals surface area contributed by atoms with Gasteiger partial charge in [0, 0.05) is 43.6 Å². The molecule has 3 N–H and O–H groups in total. The number of urea groups is 1. The average molecular weight is 277 g/mol. The molecule has 0 unspecified atom stereocenters. The highest BCUT2D eigenvalue weighted by Crippen LogP contribution is 2.30. The van der Waals surface area contributed by atoms with Crippen molar-refractivity contribution in [1.29, 1.82) is 0 Å². The van der Waals surface area contributed by atoms with E-state index in [1.807, 2.05) is 12.5 Å². The lowest BCUT2D eigenvalue weighted by Crippen LogP contribution is -2.49. The van der Waals surface area contributed by atoms with E-state index in [0.29, 0.717) is 18.1 Å². The van der Waals surface area contributed by atoms with Crippen molar-refractivity contribution >= 4 is 6.03 Å². The number of amides is 2. The van der Waals surface area contributed by atoms with Gasteiger partial charge in [-0.15, -0.1) is 0 Å². The minimum atomic E-state index is -0.291. The Kier molecular flexibility index (Phi) is 3.91. The predicted molar refractivity (Wildman–Crippen MR) is 76.2 cm³/mol. The molecule has 1 aliphatic heterocycles. The molecule has 20 heavy (non-hydrogen) atoms. The number of rotatable bonds is 3. The summed E-state index contributed by atoms with van der Waals surface area (Å²) in [4.78, 5) is 17.0. The first kappa shape index (κ1) is 13.4. The summed E-state index contributed by atoms with van der Waals surface area (Å²) >= 11 is 0. The molecule has 1 saturated heterocycles. The average Bonchev–Trinajstić information content (AvgIpc) is 3.09. The summed E-state index contributed by atoms with van der Waals surface area (Å²) in [5.74, 6) is 0. The van der Waals surface area contributed by atoms with Crippen LogP contribution >= 0.6 is 0 Å². The Hall–Kier alpha value is -1.56. The fourth-order valence-electron chi connectivity index (χ4n) is 3.53. The van der Waals surface area contributed by atoms with Crippen LogP contribution in [0.2, 0.25) is 0 Å². The van der Waals surface area contributed by atoms with Crippen molar-refractivity contribution in [1.82, 2.24) is 19.8 Å². The molecule has 0 aromatic carbocycles. The molecule has 110 valence electrons. The second kappa shape index (κ2) is 5.83. The standard InChI is InChI=1S/C14H23N5O/c15-14(20)18-7-4-11(5-8-18)17-12-2-1-3-13(12)19-9-6-16-10-19/h6,9-13,17H,1-5,7-8H2,(H2,15,20)/t12-,13+/m0/s1. The molecule has 2 atom stereocenters. The number of hydrogen-bond donors (Lipinski definition) is 2. The smallest absolute Gasteiger partial charge is 0.314 e. The Morgan fingerprint density at radius 3 is 2.70 bits per heavy atom. The predicted octanol–water partition coefficient (Wildman–Crippen LogP) is 1.11. The topological polar surface area (TPSA) is 76.2 Å². The number of hydrogen-bond acceptors (Lipinski definition) is 3. The molecule has 2 fully saturated rings. The van der Waals surface area contributed by atoms with Crippen LogP contribution in [0.3, 0.4) is 0 Å². The van der Waals surface area contributed by atoms with Gasteiger partial charge >= 0.3 is 6.03 Å². The van der Waals surface area contributed by atoms with Crippen LogP contribution in [0.15, 0.2) is 18.7 Å². The Balaban J connectivity index is 1.54. The van der Waals surface area contributed by atoms with Crippen molar-refractivity contribution in [2.75, 3.05) is 13.1 Å². The van der Waals surface area contributed by atoms with Crippen LogP contribution in [0.5, 0.6) is 0 Å². The van der Waals surface area contributed by atoms with Crippen LogP contribution in [0.25, 0.3) is 0 Å². The maximum Gasteiger partial charge on any atom is 0.314 e. The minimum absolute atomic E-state index is 0.291. The summed E-state index contributed by atoms with van der Waals surface area (Å²) in [5, 5.41) is 3.79. The number of carbonyl (C=O) groups excluding carboxylic acids is 1. The molecule has 1 saturated carbocycles. The maximum atomic E-state index is 11.1. The Bertz CT molecular complexity index is 438. The van der Waals surface area contributed by atoms with Crippen LogP contribution < -0.4 is 11.1 Å². The largest absolute Gasteiger partial charge is 0.351 e. The summed E-state index contributed by atoms with van der Waals surface area (Å²) in [6, 6.07) is 1.25. The fourth-order valence-corrected chi connectivity index (χ4v) is 3.53. The molecule has 2 amide bonds. The number of imidazole rings is 1.